The zero-order chi connectivity index (χ0) is 14.5. The van der Waals surface area contributed by atoms with Crippen molar-refractivity contribution in [2.24, 2.45) is 0 Å². The highest BCUT2D eigenvalue weighted by molar-refractivity contribution is 9.08. The molecule has 0 unspecified atom stereocenters. The number of halogens is 2. The van der Waals surface area contributed by atoms with Crippen molar-refractivity contribution in [1.82, 2.24) is 0 Å². The number of rotatable bonds is 4. The summed E-state index contributed by atoms with van der Waals surface area (Å²) in [7, 11) is 0. The Morgan fingerprint density at radius 3 is 2.75 bits per heavy atom. The van der Waals surface area contributed by atoms with Crippen molar-refractivity contribution in [2.75, 3.05) is 0 Å². The molecule has 0 bridgehead atoms. The molecular weight excluding hydrogens is 321 g/mol. The van der Waals surface area contributed by atoms with Gasteiger partial charge in [-0.3, -0.25) is 0 Å². The molecule has 0 saturated heterocycles. The van der Waals surface area contributed by atoms with Crippen LogP contribution in [-0.2, 0) is 11.9 Å². The van der Waals surface area contributed by atoms with Gasteiger partial charge in [-0.05, 0) is 30.7 Å². The highest BCUT2D eigenvalue weighted by Gasteiger charge is 2.09. The number of nitriles is 1. The average molecular weight is 334 g/mol. The van der Waals surface area contributed by atoms with Gasteiger partial charge < -0.3 is 4.74 Å². The van der Waals surface area contributed by atoms with Crippen LogP contribution in [0.1, 0.15) is 22.3 Å². The Labute approximate surface area is 125 Å². The number of para-hydroxylation sites is 1. The first-order chi connectivity index (χ1) is 9.65. The highest BCUT2D eigenvalue weighted by atomic mass is 79.9. The molecule has 0 spiro atoms. The quantitative estimate of drug-likeness (QED) is 0.773. The topological polar surface area (TPSA) is 33.0 Å². The summed E-state index contributed by atoms with van der Waals surface area (Å²) in [6.07, 6.45) is 0. The molecule has 2 rings (SSSR count). The molecule has 0 aliphatic carbocycles. The zero-order valence-electron chi connectivity index (χ0n) is 11.0. The van der Waals surface area contributed by atoms with Crippen LogP contribution in [0.4, 0.5) is 4.39 Å². The molecule has 2 aromatic rings. The lowest BCUT2D eigenvalue weighted by Crippen LogP contribution is -2.02. The molecule has 0 atom stereocenters. The second-order valence-electron chi connectivity index (χ2n) is 4.40. The smallest absolute Gasteiger partial charge is 0.126 e. The third-order valence-electron chi connectivity index (χ3n) is 3.00. The minimum atomic E-state index is -0.368. The zero-order valence-corrected chi connectivity index (χ0v) is 12.6. The number of hydrogen-bond acceptors (Lipinski definition) is 2. The Kier molecular flexibility index (Phi) is 4.75. The standard InChI is InChI=1S/C16H13BrFNO/c1-11-3-2-4-12(8-17)16(11)20-10-14-7-15(18)6-5-13(14)9-19/h2-7H,8,10H2,1H3. The van der Waals surface area contributed by atoms with E-state index < -0.39 is 0 Å². The van der Waals surface area contributed by atoms with E-state index >= 15 is 0 Å². The minimum absolute atomic E-state index is 0.172. The first-order valence-electron chi connectivity index (χ1n) is 6.11. The molecule has 0 heterocycles. The van der Waals surface area contributed by atoms with E-state index in [0.29, 0.717) is 16.5 Å². The van der Waals surface area contributed by atoms with Crippen molar-refractivity contribution < 1.29 is 9.13 Å². The molecule has 4 heteroatoms. The molecule has 0 aliphatic rings. The summed E-state index contributed by atoms with van der Waals surface area (Å²) in [4.78, 5) is 0. The lowest BCUT2D eigenvalue weighted by Gasteiger charge is -2.13. The average Bonchev–Trinajstić information content (AvgIpc) is 2.46. The fourth-order valence-electron chi connectivity index (χ4n) is 1.97. The van der Waals surface area contributed by atoms with Crippen molar-refractivity contribution in [2.45, 2.75) is 18.9 Å². The van der Waals surface area contributed by atoms with Crippen LogP contribution in [0.5, 0.6) is 5.75 Å². The van der Waals surface area contributed by atoms with Gasteiger partial charge in [0.25, 0.3) is 0 Å². The first kappa shape index (κ1) is 14.5. The summed E-state index contributed by atoms with van der Waals surface area (Å²) >= 11 is 3.42. The summed E-state index contributed by atoms with van der Waals surface area (Å²) < 4.78 is 19.1. The summed E-state index contributed by atoms with van der Waals surface area (Å²) in [5.74, 6) is 0.408. The Hall–Kier alpha value is -1.86. The number of alkyl halides is 1. The Balaban J connectivity index is 2.26. The molecule has 20 heavy (non-hydrogen) atoms. The SMILES string of the molecule is Cc1cccc(CBr)c1OCc1cc(F)ccc1C#N. The fraction of sp³-hybridized carbons (Fsp3) is 0.188. The van der Waals surface area contributed by atoms with Crippen LogP contribution >= 0.6 is 15.9 Å². The van der Waals surface area contributed by atoms with Crippen LogP contribution in [0.2, 0.25) is 0 Å². The van der Waals surface area contributed by atoms with Gasteiger partial charge in [-0.2, -0.15) is 5.26 Å². The Morgan fingerprint density at radius 1 is 1.25 bits per heavy atom. The van der Waals surface area contributed by atoms with E-state index in [9.17, 15) is 4.39 Å². The Bertz CT molecular complexity index is 664. The van der Waals surface area contributed by atoms with Gasteiger partial charge in [0.1, 0.15) is 18.2 Å². The number of hydrogen-bond donors (Lipinski definition) is 0. The van der Waals surface area contributed by atoms with Crippen LogP contribution in [0.15, 0.2) is 36.4 Å². The van der Waals surface area contributed by atoms with Crippen molar-refractivity contribution in [1.29, 1.82) is 5.26 Å². The molecule has 2 aromatic carbocycles. The van der Waals surface area contributed by atoms with E-state index in [4.69, 9.17) is 10.00 Å². The van der Waals surface area contributed by atoms with Crippen LogP contribution in [0.25, 0.3) is 0 Å². The predicted molar refractivity (Wildman–Crippen MR) is 79.3 cm³/mol. The molecule has 0 N–H and O–H groups in total. The van der Waals surface area contributed by atoms with E-state index in [1.165, 1.54) is 18.2 Å². The van der Waals surface area contributed by atoms with Crippen molar-refractivity contribution in [3.63, 3.8) is 0 Å². The van der Waals surface area contributed by atoms with Gasteiger partial charge in [0.05, 0.1) is 11.6 Å². The van der Waals surface area contributed by atoms with Gasteiger partial charge in [-0.15, -0.1) is 0 Å². The maximum absolute atomic E-state index is 13.3. The minimum Gasteiger partial charge on any atom is -0.488 e. The van der Waals surface area contributed by atoms with Gasteiger partial charge in [0, 0.05) is 16.5 Å². The van der Waals surface area contributed by atoms with Crippen LogP contribution in [0.3, 0.4) is 0 Å². The predicted octanol–water partition coefficient (Wildman–Crippen LogP) is 4.48. The number of nitrogens with zero attached hydrogens (tertiary/aromatic N) is 1. The molecule has 0 saturated carbocycles. The van der Waals surface area contributed by atoms with Gasteiger partial charge in [-0.1, -0.05) is 34.1 Å². The monoisotopic (exact) mass is 333 g/mol. The molecular formula is C16H13BrFNO. The van der Waals surface area contributed by atoms with Gasteiger partial charge in [0.15, 0.2) is 0 Å². The van der Waals surface area contributed by atoms with E-state index in [-0.39, 0.29) is 12.4 Å². The maximum Gasteiger partial charge on any atom is 0.126 e. The van der Waals surface area contributed by atoms with Gasteiger partial charge in [0.2, 0.25) is 0 Å². The van der Waals surface area contributed by atoms with E-state index in [1.54, 1.807) is 0 Å². The fourth-order valence-corrected chi connectivity index (χ4v) is 2.41. The second-order valence-corrected chi connectivity index (χ2v) is 4.96. The molecule has 102 valence electrons. The maximum atomic E-state index is 13.3. The van der Waals surface area contributed by atoms with Crippen molar-refractivity contribution in [3.8, 4) is 11.8 Å². The third-order valence-corrected chi connectivity index (χ3v) is 3.60. The number of benzene rings is 2. The summed E-state index contributed by atoms with van der Waals surface area (Å²) in [5.41, 5.74) is 3.02. The van der Waals surface area contributed by atoms with Gasteiger partial charge in [-0.25, -0.2) is 4.39 Å². The normalized spacial score (nSPS) is 10.1. The molecule has 0 aromatic heterocycles. The van der Waals surface area contributed by atoms with Gasteiger partial charge >= 0.3 is 0 Å². The lowest BCUT2D eigenvalue weighted by molar-refractivity contribution is 0.301. The van der Waals surface area contributed by atoms with Crippen LogP contribution < -0.4 is 4.74 Å². The summed E-state index contributed by atoms with van der Waals surface area (Å²) in [6.45, 7) is 2.13. The second kappa shape index (κ2) is 6.53. The molecule has 0 aliphatic heterocycles. The number of aryl methyl sites for hydroxylation is 1. The van der Waals surface area contributed by atoms with Crippen molar-refractivity contribution in [3.05, 3.63) is 64.5 Å². The largest absolute Gasteiger partial charge is 0.488 e. The Morgan fingerprint density at radius 2 is 2.05 bits per heavy atom. The summed E-state index contributed by atoms with van der Waals surface area (Å²) in [6, 6.07) is 12.0. The van der Waals surface area contributed by atoms with Crippen LogP contribution in [-0.4, -0.2) is 0 Å². The highest BCUT2D eigenvalue weighted by Crippen LogP contribution is 2.26. The van der Waals surface area contributed by atoms with E-state index in [0.717, 1.165) is 16.9 Å². The molecule has 0 radical (unpaired) electrons. The summed E-state index contributed by atoms with van der Waals surface area (Å²) in [5, 5.41) is 9.71. The third kappa shape index (κ3) is 3.17. The molecule has 2 nitrogen and oxygen atoms in total. The van der Waals surface area contributed by atoms with Crippen molar-refractivity contribution >= 4 is 15.9 Å². The molecule has 0 amide bonds. The first-order valence-corrected chi connectivity index (χ1v) is 7.23. The van der Waals surface area contributed by atoms with Crippen LogP contribution in [0, 0.1) is 24.1 Å². The molecule has 0 fully saturated rings. The van der Waals surface area contributed by atoms with E-state index in [1.807, 2.05) is 31.2 Å². The lowest BCUT2D eigenvalue weighted by atomic mass is 10.1. The van der Waals surface area contributed by atoms with E-state index in [2.05, 4.69) is 15.9 Å². The number of ether oxygens (including phenoxy) is 1.